The van der Waals surface area contributed by atoms with E-state index in [0.29, 0.717) is 13.0 Å². The molecule has 0 spiro atoms. The predicted octanol–water partition coefficient (Wildman–Crippen LogP) is 3.26. The molecular formula is C21H42IN5O3. The molecule has 0 unspecified atom stereocenters. The van der Waals surface area contributed by atoms with E-state index in [1.807, 2.05) is 46.4 Å². The summed E-state index contributed by atoms with van der Waals surface area (Å²) >= 11 is 0. The molecule has 1 rings (SSSR count). The van der Waals surface area contributed by atoms with Crippen LogP contribution in [0.4, 0.5) is 4.79 Å². The van der Waals surface area contributed by atoms with Crippen LogP contribution in [0.2, 0.25) is 0 Å². The minimum absolute atomic E-state index is 0. The zero-order valence-corrected chi connectivity index (χ0v) is 21.9. The van der Waals surface area contributed by atoms with Crippen LogP contribution in [0.25, 0.3) is 0 Å². The molecule has 0 aromatic rings. The Hall–Kier alpha value is -1.26. The van der Waals surface area contributed by atoms with Gasteiger partial charge < -0.3 is 25.6 Å². The monoisotopic (exact) mass is 539 g/mol. The third-order valence-electron chi connectivity index (χ3n) is 5.07. The summed E-state index contributed by atoms with van der Waals surface area (Å²) in [5.41, 5.74) is -0.986. The van der Waals surface area contributed by atoms with Gasteiger partial charge in [0.25, 0.3) is 0 Å². The first-order valence-corrected chi connectivity index (χ1v) is 11.0. The Labute approximate surface area is 199 Å². The Morgan fingerprint density at radius 3 is 2.33 bits per heavy atom. The molecule has 0 bridgehead atoms. The van der Waals surface area contributed by atoms with E-state index in [4.69, 9.17) is 9.73 Å². The van der Waals surface area contributed by atoms with Gasteiger partial charge in [0.1, 0.15) is 5.60 Å². The molecule has 1 aliphatic rings. The van der Waals surface area contributed by atoms with Gasteiger partial charge in [-0.2, -0.15) is 0 Å². The number of carbonyl (C=O) groups is 2. The van der Waals surface area contributed by atoms with Gasteiger partial charge in [0, 0.05) is 32.6 Å². The molecular weight excluding hydrogens is 497 g/mol. The number of amides is 2. The molecule has 0 radical (unpaired) electrons. The van der Waals surface area contributed by atoms with Gasteiger partial charge in [-0.05, 0) is 53.4 Å². The summed E-state index contributed by atoms with van der Waals surface area (Å²) < 4.78 is 5.43. The molecule has 9 heteroatoms. The number of alkyl carbamates (subject to hydrolysis) is 1. The lowest BCUT2D eigenvalue weighted by Crippen LogP contribution is -2.52. The van der Waals surface area contributed by atoms with Gasteiger partial charge >= 0.3 is 6.09 Å². The Kier molecular flexibility index (Phi) is 13.3. The Morgan fingerprint density at radius 1 is 1.17 bits per heavy atom. The Balaban J connectivity index is 0.00000841. The lowest BCUT2D eigenvalue weighted by molar-refractivity contribution is -0.127. The highest BCUT2D eigenvalue weighted by molar-refractivity contribution is 14.0. The minimum Gasteiger partial charge on any atom is -0.444 e. The van der Waals surface area contributed by atoms with Gasteiger partial charge in [-0.1, -0.05) is 13.8 Å². The molecule has 0 aromatic carbocycles. The number of nitrogens with zero attached hydrogens (tertiary/aromatic N) is 2. The van der Waals surface area contributed by atoms with Crippen molar-refractivity contribution in [3.8, 4) is 0 Å². The summed E-state index contributed by atoms with van der Waals surface area (Å²) in [6, 6.07) is 0. The topological polar surface area (TPSA) is 95.1 Å². The van der Waals surface area contributed by atoms with Gasteiger partial charge in [0.2, 0.25) is 5.91 Å². The maximum absolute atomic E-state index is 12.3. The van der Waals surface area contributed by atoms with Crippen LogP contribution in [-0.2, 0) is 9.53 Å². The van der Waals surface area contributed by atoms with Gasteiger partial charge in [-0.25, -0.2) is 4.79 Å². The van der Waals surface area contributed by atoms with Crippen molar-refractivity contribution in [2.75, 3.05) is 32.7 Å². The van der Waals surface area contributed by atoms with Gasteiger partial charge in [0.15, 0.2) is 5.96 Å². The summed E-state index contributed by atoms with van der Waals surface area (Å²) in [5, 5.41) is 9.60. The van der Waals surface area contributed by atoms with Crippen molar-refractivity contribution in [2.45, 2.75) is 84.8 Å². The van der Waals surface area contributed by atoms with Crippen LogP contribution < -0.4 is 16.0 Å². The van der Waals surface area contributed by atoms with Crippen molar-refractivity contribution in [1.82, 2.24) is 20.9 Å². The number of likely N-dealkylation sites (tertiary alicyclic amines) is 1. The fraction of sp³-hybridized carbons (Fsp3) is 0.857. The summed E-state index contributed by atoms with van der Waals surface area (Å²) in [5.74, 6) is 0.979. The first kappa shape index (κ1) is 28.7. The van der Waals surface area contributed by atoms with Crippen LogP contribution in [0, 0.1) is 0 Å². The number of aliphatic imine (C=N–C) groups is 1. The molecule has 0 saturated carbocycles. The highest BCUT2D eigenvalue weighted by Crippen LogP contribution is 2.17. The largest absolute Gasteiger partial charge is 0.444 e. The SMILES string of the molecule is CCNC(=NCC(CC)(CC)NC(=O)OC(C)(C)C)NCCCN1CCCC1=O.I. The standard InChI is InChI=1S/C21H41N5O3.HI/c1-7-21(8-2,25-19(28)29-20(4,5)6)16-24-18(22-9-3)23-13-11-15-26-14-10-12-17(26)27;/h7-16H2,1-6H3,(H,25,28)(H2,22,23,24);1H. The van der Waals surface area contributed by atoms with E-state index in [1.165, 1.54) is 0 Å². The maximum atomic E-state index is 12.3. The molecule has 1 saturated heterocycles. The molecule has 2 amide bonds. The Bertz CT molecular complexity index is 559. The molecule has 1 heterocycles. The fourth-order valence-electron chi connectivity index (χ4n) is 3.20. The van der Waals surface area contributed by atoms with E-state index in [1.54, 1.807) is 0 Å². The van der Waals surface area contributed by atoms with E-state index in [-0.39, 0.29) is 29.9 Å². The van der Waals surface area contributed by atoms with E-state index < -0.39 is 17.2 Å². The normalized spacial score (nSPS) is 14.9. The van der Waals surface area contributed by atoms with E-state index >= 15 is 0 Å². The summed E-state index contributed by atoms with van der Waals surface area (Å²) in [6.07, 6.45) is 3.62. The minimum atomic E-state index is -0.534. The Morgan fingerprint density at radius 2 is 1.83 bits per heavy atom. The fourth-order valence-corrected chi connectivity index (χ4v) is 3.20. The molecule has 0 aliphatic carbocycles. The van der Waals surface area contributed by atoms with Crippen molar-refractivity contribution in [1.29, 1.82) is 0 Å². The lowest BCUT2D eigenvalue weighted by Gasteiger charge is -2.32. The number of rotatable bonds is 10. The number of guanidine groups is 1. The second-order valence-corrected chi connectivity index (χ2v) is 8.57. The quantitative estimate of drug-likeness (QED) is 0.172. The van der Waals surface area contributed by atoms with E-state index in [2.05, 4.69) is 16.0 Å². The third kappa shape index (κ3) is 10.7. The average Bonchev–Trinajstić information content (AvgIpc) is 3.05. The number of hydrogen-bond acceptors (Lipinski definition) is 4. The maximum Gasteiger partial charge on any atom is 0.408 e. The van der Waals surface area contributed by atoms with Crippen molar-refractivity contribution in [3.05, 3.63) is 0 Å². The third-order valence-corrected chi connectivity index (χ3v) is 5.07. The van der Waals surface area contributed by atoms with Crippen LogP contribution in [0.5, 0.6) is 0 Å². The predicted molar refractivity (Wildman–Crippen MR) is 133 cm³/mol. The second kappa shape index (κ2) is 13.9. The summed E-state index contributed by atoms with van der Waals surface area (Å²) in [4.78, 5) is 30.6. The first-order valence-electron chi connectivity index (χ1n) is 11.0. The first-order chi connectivity index (χ1) is 13.6. The van der Waals surface area contributed by atoms with Crippen molar-refractivity contribution in [3.63, 3.8) is 0 Å². The van der Waals surface area contributed by atoms with Crippen molar-refractivity contribution < 1.29 is 14.3 Å². The van der Waals surface area contributed by atoms with E-state index in [0.717, 1.165) is 57.8 Å². The number of carbonyl (C=O) groups excluding carboxylic acids is 2. The lowest BCUT2D eigenvalue weighted by atomic mass is 9.93. The molecule has 3 N–H and O–H groups in total. The van der Waals surface area contributed by atoms with Gasteiger partial charge in [-0.15, -0.1) is 24.0 Å². The van der Waals surface area contributed by atoms with Crippen LogP contribution in [0.15, 0.2) is 4.99 Å². The zero-order valence-electron chi connectivity index (χ0n) is 19.6. The zero-order chi connectivity index (χ0) is 21.9. The molecule has 8 nitrogen and oxygen atoms in total. The average molecular weight is 540 g/mol. The molecule has 1 aliphatic heterocycles. The summed E-state index contributed by atoms with van der Waals surface area (Å²) in [7, 11) is 0. The van der Waals surface area contributed by atoms with Crippen molar-refractivity contribution >= 4 is 41.9 Å². The number of nitrogens with one attached hydrogen (secondary N) is 3. The number of hydrogen-bond donors (Lipinski definition) is 3. The van der Waals surface area contributed by atoms with Crippen LogP contribution in [-0.4, -0.2) is 66.7 Å². The van der Waals surface area contributed by atoms with Crippen molar-refractivity contribution in [2.24, 2.45) is 4.99 Å². The molecule has 30 heavy (non-hydrogen) atoms. The second-order valence-electron chi connectivity index (χ2n) is 8.57. The smallest absolute Gasteiger partial charge is 0.408 e. The molecule has 0 atom stereocenters. The summed E-state index contributed by atoms with van der Waals surface area (Å²) in [6.45, 7) is 15.3. The van der Waals surface area contributed by atoms with Gasteiger partial charge in [-0.3, -0.25) is 9.79 Å². The number of ether oxygens (including phenoxy) is 1. The van der Waals surface area contributed by atoms with Crippen LogP contribution in [0.3, 0.4) is 0 Å². The van der Waals surface area contributed by atoms with Crippen LogP contribution in [0.1, 0.15) is 73.6 Å². The highest BCUT2D eigenvalue weighted by atomic mass is 127. The highest BCUT2D eigenvalue weighted by Gasteiger charge is 2.30. The number of halogens is 1. The van der Waals surface area contributed by atoms with Gasteiger partial charge in [0.05, 0.1) is 12.1 Å². The van der Waals surface area contributed by atoms with Crippen LogP contribution >= 0.6 is 24.0 Å². The molecule has 0 aromatic heterocycles. The molecule has 1 fully saturated rings. The van der Waals surface area contributed by atoms with E-state index in [9.17, 15) is 9.59 Å². The molecule has 176 valence electrons.